The zero-order valence-corrected chi connectivity index (χ0v) is 29.9. The molecule has 0 saturated heterocycles. The molecule has 244 valence electrons. The normalized spacial score (nSPS) is 13.3. The summed E-state index contributed by atoms with van der Waals surface area (Å²) in [4.78, 5) is 0. The van der Waals surface area contributed by atoms with Crippen LogP contribution in [0.2, 0.25) is 0 Å². The molecular formula is C51H34S. The van der Waals surface area contributed by atoms with Gasteiger partial charge < -0.3 is 0 Å². The fraction of sp³-hybridized carbons (Fsp3) is 0.0588. The predicted octanol–water partition coefficient (Wildman–Crippen LogP) is 14.8. The predicted molar refractivity (Wildman–Crippen MR) is 226 cm³/mol. The monoisotopic (exact) mass is 678 g/mol. The third-order valence-corrected chi connectivity index (χ3v) is 12.8. The molecule has 1 heteroatoms. The van der Waals surface area contributed by atoms with E-state index in [1.807, 2.05) is 11.3 Å². The first-order valence-corrected chi connectivity index (χ1v) is 19.0. The molecule has 0 bridgehead atoms. The van der Waals surface area contributed by atoms with Crippen molar-refractivity contribution in [1.29, 1.82) is 0 Å². The summed E-state index contributed by atoms with van der Waals surface area (Å²) in [6.07, 6.45) is 0. The maximum Gasteiger partial charge on any atom is 0.0434 e. The average molecular weight is 679 g/mol. The molecule has 0 amide bonds. The Balaban J connectivity index is 1.20. The van der Waals surface area contributed by atoms with Crippen LogP contribution in [0.3, 0.4) is 0 Å². The zero-order valence-electron chi connectivity index (χ0n) is 29.1. The fourth-order valence-corrected chi connectivity index (χ4v) is 10.5. The van der Waals surface area contributed by atoms with Gasteiger partial charge in [-0.05, 0) is 101 Å². The van der Waals surface area contributed by atoms with E-state index in [0.29, 0.717) is 0 Å². The Kier molecular flexibility index (Phi) is 6.27. The molecule has 1 heterocycles. The minimum absolute atomic E-state index is 0.0377. The summed E-state index contributed by atoms with van der Waals surface area (Å²) in [6, 6.07) is 63.3. The van der Waals surface area contributed by atoms with Crippen molar-refractivity contribution in [3.05, 3.63) is 181 Å². The lowest BCUT2D eigenvalue weighted by Gasteiger charge is -2.21. The second kappa shape index (κ2) is 11.0. The third kappa shape index (κ3) is 4.09. The molecule has 0 atom stereocenters. The third-order valence-electron chi connectivity index (χ3n) is 11.6. The highest BCUT2D eigenvalue weighted by molar-refractivity contribution is 7.26. The average Bonchev–Trinajstić information content (AvgIpc) is 3.69. The number of fused-ring (bicyclic) bond motifs is 11. The highest BCUT2D eigenvalue weighted by Gasteiger charge is 2.37. The van der Waals surface area contributed by atoms with E-state index in [9.17, 15) is 0 Å². The van der Waals surface area contributed by atoms with Crippen LogP contribution >= 0.6 is 11.3 Å². The van der Waals surface area contributed by atoms with Crippen LogP contribution in [-0.2, 0) is 5.41 Å². The largest absolute Gasteiger partial charge is 0.135 e. The number of thiophene rings is 1. The SMILES string of the molecule is CC1(C)c2ccccc2-c2c1ccc1sc3c4ccccc4c(-c4cccc(-c5c6ccccc6c(-c6ccccc6)c6ccccc56)c4)cc3c21. The lowest BCUT2D eigenvalue weighted by Crippen LogP contribution is -2.14. The minimum Gasteiger partial charge on any atom is -0.135 e. The molecule has 0 saturated carbocycles. The van der Waals surface area contributed by atoms with E-state index in [1.165, 1.54) is 108 Å². The van der Waals surface area contributed by atoms with Crippen molar-refractivity contribution in [3.63, 3.8) is 0 Å². The van der Waals surface area contributed by atoms with Crippen LogP contribution in [0.5, 0.6) is 0 Å². The van der Waals surface area contributed by atoms with Crippen LogP contribution in [0.1, 0.15) is 25.0 Å². The van der Waals surface area contributed by atoms with Crippen molar-refractivity contribution < 1.29 is 0 Å². The van der Waals surface area contributed by atoms with Crippen LogP contribution in [0.15, 0.2) is 170 Å². The van der Waals surface area contributed by atoms with Gasteiger partial charge in [0.05, 0.1) is 0 Å². The molecule has 0 unspecified atom stereocenters. The van der Waals surface area contributed by atoms with Gasteiger partial charge >= 0.3 is 0 Å². The molecule has 11 rings (SSSR count). The van der Waals surface area contributed by atoms with Gasteiger partial charge in [0, 0.05) is 31.0 Å². The Bertz CT molecular complexity index is 3030. The maximum absolute atomic E-state index is 2.50. The van der Waals surface area contributed by atoms with Gasteiger partial charge in [0.2, 0.25) is 0 Å². The first kappa shape index (κ1) is 29.7. The second-order valence-corrected chi connectivity index (χ2v) is 15.8. The van der Waals surface area contributed by atoms with Crippen molar-refractivity contribution in [1.82, 2.24) is 0 Å². The molecule has 0 radical (unpaired) electrons. The molecule has 52 heavy (non-hydrogen) atoms. The van der Waals surface area contributed by atoms with E-state index in [0.717, 1.165) is 0 Å². The Morgan fingerprint density at radius 2 is 0.923 bits per heavy atom. The van der Waals surface area contributed by atoms with E-state index in [4.69, 9.17) is 0 Å². The molecule has 1 aliphatic carbocycles. The molecule has 0 aliphatic heterocycles. The Hall–Kier alpha value is -6.02. The quantitative estimate of drug-likeness (QED) is 0.163. The van der Waals surface area contributed by atoms with Crippen LogP contribution in [0, 0.1) is 0 Å². The van der Waals surface area contributed by atoms with Gasteiger partial charge in [-0.15, -0.1) is 11.3 Å². The van der Waals surface area contributed by atoms with Gasteiger partial charge in [0.1, 0.15) is 0 Å². The molecule has 0 N–H and O–H groups in total. The van der Waals surface area contributed by atoms with Crippen LogP contribution in [-0.4, -0.2) is 0 Å². The second-order valence-electron chi connectivity index (χ2n) is 14.8. The van der Waals surface area contributed by atoms with Gasteiger partial charge in [-0.2, -0.15) is 0 Å². The summed E-state index contributed by atoms with van der Waals surface area (Å²) in [6.45, 7) is 4.76. The van der Waals surface area contributed by atoms with E-state index in [-0.39, 0.29) is 5.41 Å². The number of hydrogen-bond acceptors (Lipinski definition) is 1. The molecular weight excluding hydrogens is 645 g/mol. The van der Waals surface area contributed by atoms with Gasteiger partial charge in [-0.25, -0.2) is 0 Å². The van der Waals surface area contributed by atoms with Crippen LogP contribution in [0.25, 0.3) is 97.0 Å². The highest BCUT2D eigenvalue weighted by atomic mass is 32.1. The molecule has 0 spiro atoms. The first-order chi connectivity index (χ1) is 25.6. The van der Waals surface area contributed by atoms with Gasteiger partial charge in [0.25, 0.3) is 0 Å². The van der Waals surface area contributed by atoms with Crippen molar-refractivity contribution >= 4 is 63.8 Å². The molecule has 10 aromatic rings. The number of rotatable bonds is 3. The summed E-state index contributed by atoms with van der Waals surface area (Å²) in [5.41, 5.74) is 13.2. The minimum atomic E-state index is -0.0377. The van der Waals surface area contributed by atoms with E-state index in [1.54, 1.807) is 0 Å². The van der Waals surface area contributed by atoms with Gasteiger partial charge in [0.15, 0.2) is 0 Å². The van der Waals surface area contributed by atoms with E-state index < -0.39 is 0 Å². The maximum atomic E-state index is 2.50. The zero-order chi connectivity index (χ0) is 34.6. The summed E-state index contributed by atoms with van der Waals surface area (Å²) < 4.78 is 2.73. The van der Waals surface area contributed by atoms with Gasteiger partial charge in [-0.1, -0.05) is 166 Å². The lowest BCUT2D eigenvalue weighted by atomic mass is 9.82. The van der Waals surface area contributed by atoms with Crippen molar-refractivity contribution in [2.45, 2.75) is 19.3 Å². The Morgan fingerprint density at radius 1 is 0.365 bits per heavy atom. The topological polar surface area (TPSA) is 0 Å². The fourth-order valence-electron chi connectivity index (χ4n) is 9.32. The smallest absolute Gasteiger partial charge is 0.0434 e. The van der Waals surface area contributed by atoms with Crippen LogP contribution in [0.4, 0.5) is 0 Å². The molecule has 0 nitrogen and oxygen atoms in total. The Labute approximate surface area is 307 Å². The summed E-state index contributed by atoms with van der Waals surface area (Å²) in [5.74, 6) is 0. The van der Waals surface area contributed by atoms with Crippen LogP contribution < -0.4 is 0 Å². The highest BCUT2D eigenvalue weighted by Crippen LogP contribution is 2.55. The summed E-state index contributed by atoms with van der Waals surface area (Å²) in [7, 11) is 0. The van der Waals surface area contributed by atoms with E-state index in [2.05, 4.69) is 184 Å². The molecule has 1 aromatic heterocycles. The first-order valence-electron chi connectivity index (χ1n) is 18.2. The molecule has 1 aliphatic rings. The Morgan fingerprint density at radius 3 is 1.63 bits per heavy atom. The number of benzene rings is 9. The molecule has 0 fully saturated rings. The summed E-state index contributed by atoms with van der Waals surface area (Å²) >= 11 is 1.94. The van der Waals surface area contributed by atoms with Gasteiger partial charge in [-0.3, -0.25) is 0 Å². The standard InChI is InChI=1S/C51H34S/c1-51(2)43-26-13-12-25-40(43)48-44(51)27-28-45-49(48)42-30-41(34-19-6-11-24-39(34)50(42)52-45)32-17-14-18-33(29-32)47-37-22-9-7-20-35(37)46(31-15-4-3-5-16-31)36-21-8-10-23-38(36)47/h3-30H,1-2H3. The van der Waals surface area contributed by atoms with Crippen molar-refractivity contribution in [2.75, 3.05) is 0 Å². The van der Waals surface area contributed by atoms with Crippen molar-refractivity contribution in [3.8, 4) is 44.5 Å². The van der Waals surface area contributed by atoms with Crippen molar-refractivity contribution in [2.24, 2.45) is 0 Å². The van der Waals surface area contributed by atoms with E-state index >= 15 is 0 Å². The summed E-state index contributed by atoms with van der Waals surface area (Å²) in [5, 5.41) is 10.5. The number of hydrogen-bond donors (Lipinski definition) is 0. The molecule has 9 aromatic carbocycles. The lowest BCUT2D eigenvalue weighted by molar-refractivity contribution is 0.661.